The molecule has 0 spiro atoms. The molecule has 3 heterocycles. The van der Waals surface area contributed by atoms with Gasteiger partial charge in [-0.2, -0.15) is 0 Å². The fourth-order valence-electron chi connectivity index (χ4n) is 1.89. The number of thiophene rings is 3. The van der Waals surface area contributed by atoms with E-state index in [2.05, 4.69) is 47.9 Å². The molecular formula is C14H16N2S3+2. The zero-order chi connectivity index (χ0) is 13.2. The first-order valence-corrected chi connectivity index (χ1v) is 8.61. The van der Waals surface area contributed by atoms with Crippen molar-refractivity contribution in [1.29, 1.82) is 0 Å². The standard InChI is InChI=1S/C14H14N2S3/c15-7-9-1-3-11(17-9)13-5-6-14(19-13)12-4-2-10(8-16)18-12/h1-6H,7-8,15-16H2/p+2. The maximum absolute atomic E-state index is 3.94. The lowest BCUT2D eigenvalue weighted by atomic mass is 10.3. The molecule has 0 fully saturated rings. The van der Waals surface area contributed by atoms with Gasteiger partial charge in [-0.25, -0.2) is 0 Å². The van der Waals surface area contributed by atoms with E-state index in [1.54, 1.807) is 0 Å². The van der Waals surface area contributed by atoms with E-state index < -0.39 is 0 Å². The van der Waals surface area contributed by atoms with E-state index >= 15 is 0 Å². The predicted molar refractivity (Wildman–Crippen MR) is 84.1 cm³/mol. The van der Waals surface area contributed by atoms with Gasteiger partial charge < -0.3 is 11.5 Å². The third-order valence-corrected chi connectivity index (χ3v) is 6.67. The fourth-order valence-corrected chi connectivity index (χ4v) is 4.89. The largest absolute Gasteiger partial charge is 0.353 e. The quantitative estimate of drug-likeness (QED) is 0.744. The summed E-state index contributed by atoms with van der Waals surface area (Å²) in [5.41, 5.74) is 7.87. The van der Waals surface area contributed by atoms with Crippen molar-refractivity contribution in [3.05, 3.63) is 46.2 Å². The first-order valence-electron chi connectivity index (χ1n) is 6.16. The topological polar surface area (TPSA) is 55.3 Å². The van der Waals surface area contributed by atoms with Crippen molar-refractivity contribution in [1.82, 2.24) is 0 Å². The van der Waals surface area contributed by atoms with E-state index in [1.807, 2.05) is 34.0 Å². The monoisotopic (exact) mass is 308 g/mol. The van der Waals surface area contributed by atoms with Crippen molar-refractivity contribution in [2.45, 2.75) is 13.1 Å². The van der Waals surface area contributed by atoms with Gasteiger partial charge in [0.15, 0.2) is 0 Å². The molecule has 3 rings (SSSR count). The number of rotatable bonds is 4. The summed E-state index contributed by atoms with van der Waals surface area (Å²) in [5.74, 6) is 0. The van der Waals surface area contributed by atoms with Crippen molar-refractivity contribution < 1.29 is 11.5 Å². The number of hydrogen-bond acceptors (Lipinski definition) is 3. The molecule has 2 nitrogen and oxygen atoms in total. The van der Waals surface area contributed by atoms with Crippen LogP contribution in [0.2, 0.25) is 0 Å². The van der Waals surface area contributed by atoms with Crippen LogP contribution >= 0.6 is 34.0 Å². The van der Waals surface area contributed by atoms with Crippen LogP contribution in [0.15, 0.2) is 36.4 Å². The summed E-state index contributed by atoms with van der Waals surface area (Å²) in [7, 11) is 0. The van der Waals surface area contributed by atoms with E-state index in [-0.39, 0.29) is 0 Å². The highest BCUT2D eigenvalue weighted by Gasteiger charge is 2.09. The van der Waals surface area contributed by atoms with Crippen LogP contribution in [-0.2, 0) is 13.1 Å². The smallest absolute Gasteiger partial charge is 0.109 e. The molecule has 5 heteroatoms. The maximum Gasteiger partial charge on any atom is 0.109 e. The number of quaternary nitrogens is 2. The van der Waals surface area contributed by atoms with Crippen molar-refractivity contribution in [3.63, 3.8) is 0 Å². The van der Waals surface area contributed by atoms with Crippen LogP contribution in [0.25, 0.3) is 19.5 Å². The van der Waals surface area contributed by atoms with Crippen molar-refractivity contribution >= 4 is 34.0 Å². The summed E-state index contributed by atoms with van der Waals surface area (Å²) in [4.78, 5) is 8.10. The highest BCUT2D eigenvalue weighted by atomic mass is 32.1. The Morgan fingerprint density at radius 2 is 0.947 bits per heavy atom. The van der Waals surface area contributed by atoms with E-state index in [0.717, 1.165) is 13.1 Å². The summed E-state index contributed by atoms with van der Waals surface area (Å²) < 4.78 is 0. The minimum absolute atomic E-state index is 0.876. The van der Waals surface area contributed by atoms with Crippen molar-refractivity contribution in [2.75, 3.05) is 0 Å². The van der Waals surface area contributed by atoms with Crippen LogP contribution in [0.1, 0.15) is 9.75 Å². The molecule has 0 saturated heterocycles. The third kappa shape index (κ3) is 2.66. The van der Waals surface area contributed by atoms with Gasteiger partial charge in [0.2, 0.25) is 0 Å². The molecule has 0 saturated carbocycles. The molecule has 0 aromatic carbocycles. The first-order chi connectivity index (χ1) is 9.30. The SMILES string of the molecule is [NH3+]Cc1ccc(-c2ccc(-c3ccc(C[NH3+])s3)s2)s1. The molecule has 0 atom stereocenters. The van der Waals surface area contributed by atoms with Gasteiger partial charge in [-0.15, -0.1) is 34.0 Å². The summed E-state index contributed by atoms with van der Waals surface area (Å²) >= 11 is 5.56. The van der Waals surface area contributed by atoms with Gasteiger partial charge in [0, 0.05) is 19.5 Å². The second-order valence-corrected chi connectivity index (χ2v) is 7.62. The van der Waals surface area contributed by atoms with Crippen LogP contribution in [-0.4, -0.2) is 0 Å². The summed E-state index contributed by atoms with van der Waals surface area (Å²) in [6.45, 7) is 1.75. The van der Waals surface area contributed by atoms with Crippen LogP contribution in [0.5, 0.6) is 0 Å². The Labute approximate surface area is 124 Å². The average Bonchev–Trinajstić information content (AvgIpc) is 3.16. The van der Waals surface area contributed by atoms with E-state index in [4.69, 9.17) is 0 Å². The molecule has 98 valence electrons. The van der Waals surface area contributed by atoms with E-state index in [9.17, 15) is 0 Å². The van der Waals surface area contributed by atoms with Crippen LogP contribution < -0.4 is 11.5 Å². The molecule has 0 amide bonds. The average molecular weight is 308 g/mol. The van der Waals surface area contributed by atoms with Gasteiger partial charge in [0.1, 0.15) is 13.1 Å². The first kappa shape index (κ1) is 13.0. The van der Waals surface area contributed by atoms with Gasteiger partial charge in [0.25, 0.3) is 0 Å². The molecule has 0 bridgehead atoms. The highest BCUT2D eigenvalue weighted by molar-refractivity contribution is 7.26. The van der Waals surface area contributed by atoms with Crippen molar-refractivity contribution in [2.24, 2.45) is 0 Å². The molecule has 3 aromatic rings. The summed E-state index contributed by atoms with van der Waals surface area (Å²) in [5, 5.41) is 0. The van der Waals surface area contributed by atoms with E-state index in [0.29, 0.717) is 0 Å². The Morgan fingerprint density at radius 1 is 0.579 bits per heavy atom. The van der Waals surface area contributed by atoms with Gasteiger partial charge in [0.05, 0.1) is 9.75 Å². The Morgan fingerprint density at radius 3 is 1.32 bits per heavy atom. The minimum Gasteiger partial charge on any atom is -0.353 e. The van der Waals surface area contributed by atoms with Crippen LogP contribution in [0.4, 0.5) is 0 Å². The second-order valence-electron chi connectivity index (χ2n) is 4.20. The highest BCUT2D eigenvalue weighted by Crippen LogP contribution is 2.39. The predicted octanol–water partition coefficient (Wildman–Crippen LogP) is 2.69. The minimum atomic E-state index is 0.876. The van der Waals surface area contributed by atoms with Gasteiger partial charge in [-0.1, -0.05) is 0 Å². The molecule has 0 aliphatic carbocycles. The zero-order valence-electron chi connectivity index (χ0n) is 10.5. The van der Waals surface area contributed by atoms with Crippen LogP contribution in [0.3, 0.4) is 0 Å². The molecule has 19 heavy (non-hydrogen) atoms. The normalized spacial score (nSPS) is 11.1. The summed E-state index contributed by atoms with van der Waals surface area (Å²) in [6, 6.07) is 13.2. The Bertz CT molecular complexity index is 621. The van der Waals surface area contributed by atoms with Crippen LogP contribution in [0, 0.1) is 0 Å². The molecule has 0 aliphatic rings. The lowest BCUT2D eigenvalue weighted by Gasteiger charge is -1.90. The van der Waals surface area contributed by atoms with E-state index in [1.165, 1.54) is 29.3 Å². The lowest BCUT2D eigenvalue weighted by Crippen LogP contribution is -2.47. The van der Waals surface area contributed by atoms with Gasteiger partial charge in [-0.05, 0) is 36.4 Å². The Kier molecular flexibility index (Phi) is 3.81. The summed E-state index contributed by atoms with van der Waals surface area (Å²) in [6.07, 6.45) is 0. The molecule has 0 unspecified atom stereocenters. The van der Waals surface area contributed by atoms with Gasteiger partial charge in [-0.3, -0.25) is 0 Å². The second kappa shape index (κ2) is 5.56. The molecule has 0 aliphatic heterocycles. The Hall–Kier alpha value is -0.980. The maximum atomic E-state index is 3.94. The Balaban J connectivity index is 1.90. The lowest BCUT2D eigenvalue weighted by molar-refractivity contribution is -0.385. The van der Waals surface area contributed by atoms with Crippen molar-refractivity contribution in [3.8, 4) is 19.5 Å². The molecular weight excluding hydrogens is 292 g/mol. The zero-order valence-corrected chi connectivity index (χ0v) is 13.0. The molecule has 6 N–H and O–H groups in total. The third-order valence-electron chi connectivity index (χ3n) is 2.91. The van der Waals surface area contributed by atoms with Gasteiger partial charge >= 0.3 is 0 Å². The fraction of sp³-hybridized carbons (Fsp3) is 0.143. The molecule has 0 radical (unpaired) electrons. The molecule has 3 aromatic heterocycles. The number of hydrogen-bond donors (Lipinski definition) is 2.